The summed E-state index contributed by atoms with van der Waals surface area (Å²) in [4.78, 5) is 25.8. The Hall–Kier alpha value is -1.44. The summed E-state index contributed by atoms with van der Waals surface area (Å²) in [5, 5.41) is 29.7. The molecule has 4 N–H and O–H groups in total. The molecular formula is C18H20Cl2N4O4S4. The highest BCUT2D eigenvalue weighted by molar-refractivity contribution is 8.76. The molecule has 0 spiro atoms. The molecule has 0 saturated carbocycles. The van der Waals surface area contributed by atoms with E-state index in [1.54, 1.807) is 24.3 Å². The lowest BCUT2D eigenvalue weighted by molar-refractivity contribution is -0.115. The predicted molar refractivity (Wildman–Crippen MR) is 135 cm³/mol. The first-order chi connectivity index (χ1) is 15.4. The van der Waals surface area contributed by atoms with Gasteiger partial charge in [-0.3, -0.25) is 9.59 Å². The molecule has 8 nitrogen and oxygen atoms in total. The van der Waals surface area contributed by atoms with Crippen molar-refractivity contribution in [3.63, 3.8) is 0 Å². The lowest BCUT2D eigenvalue weighted by Crippen LogP contribution is -2.34. The van der Waals surface area contributed by atoms with Gasteiger partial charge in [0.1, 0.15) is 11.4 Å². The molecule has 14 heteroatoms. The van der Waals surface area contributed by atoms with Crippen LogP contribution in [0.25, 0.3) is 0 Å². The Morgan fingerprint density at radius 2 is 1.22 bits per heavy atom. The normalized spacial score (nSPS) is 12.1. The van der Waals surface area contributed by atoms with E-state index in [1.807, 2.05) is 0 Å². The van der Waals surface area contributed by atoms with Crippen LogP contribution in [0.15, 0.2) is 34.6 Å². The van der Waals surface area contributed by atoms with Crippen molar-refractivity contribution < 1.29 is 20.0 Å². The molecule has 32 heavy (non-hydrogen) atoms. The van der Waals surface area contributed by atoms with Gasteiger partial charge in [0.05, 0.1) is 8.67 Å². The van der Waals surface area contributed by atoms with Gasteiger partial charge < -0.3 is 21.0 Å². The van der Waals surface area contributed by atoms with Crippen LogP contribution in [0.1, 0.15) is 9.75 Å². The van der Waals surface area contributed by atoms with E-state index in [0.29, 0.717) is 33.3 Å². The molecule has 0 unspecified atom stereocenters. The second-order valence-electron chi connectivity index (χ2n) is 6.01. The molecule has 2 rings (SSSR count). The molecular weight excluding hydrogens is 535 g/mol. The largest absolute Gasteiger partial charge is 0.410 e. The van der Waals surface area contributed by atoms with Gasteiger partial charge in [-0.25, -0.2) is 0 Å². The van der Waals surface area contributed by atoms with Crippen molar-refractivity contribution in [3.8, 4) is 0 Å². The fourth-order valence-corrected chi connectivity index (χ4v) is 6.28. The summed E-state index contributed by atoms with van der Waals surface area (Å²) in [6.07, 6.45) is 0.417. The Morgan fingerprint density at radius 3 is 1.53 bits per heavy atom. The highest BCUT2D eigenvalue weighted by Crippen LogP contribution is 2.23. The first kappa shape index (κ1) is 26.8. The summed E-state index contributed by atoms with van der Waals surface area (Å²) in [5.74, 6) is 0.405. The maximum atomic E-state index is 12.1. The van der Waals surface area contributed by atoms with Crippen LogP contribution in [0.2, 0.25) is 8.67 Å². The van der Waals surface area contributed by atoms with Crippen molar-refractivity contribution in [1.82, 2.24) is 10.6 Å². The van der Waals surface area contributed by atoms with Crippen molar-refractivity contribution in [2.75, 3.05) is 24.6 Å². The summed E-state index contributed by atoms with van der Waals surface area (Å²) >= 11 is 14.4. The molecule has 0 atom stereocenters. The number of oxime groups is 2. The van der Waals surface area contributed by atoms with Gasteiger partial charge in [-0.15, -0.1) is 22.7 Å². The fourth-order valence-electron chi connectivity index (χ4n) is 2.28. The van der Waals surface area contributed by atoms with Crippen LogP contribution in [0.4, 0.5) is 0 Å². The van der Waals surface area contributed by atoms with Crippen LogP contribution < -0.4 is 10.6 Å². The number of hydrogen-bond donors (Lipinski definition) is 4. The summed E-state index contributed by atoms with van der Waals surface area (Å²) in [6.45, 7) is 0.801. The second-order valence-corrected chi connectivity index (χ2v) is 12.3. The standard InChI is InChI=1S/C18H20Cl2N4O4S4/c19-15-3-1-11(31-15)9-13(23-27)17(25)21-5-7-29-30-8-6-22-18(26)14(24-28)10-12-2-4-16(20)32-12/h1-4,27-28H,5-10H2,(H,21,25)(H,22,26)/b23-13+,24-14+. The predicted octanol–water partition coefficient (Wildman–Crippen LogP) is 4.18. The molecule has 0 aliphatic carbocycles. The molecule has 0 fully saturated rings. The van der Waals surface area contributed by atoms with Gasteiger partial charge in [0.15, 0.2) is 0 Å². The third-order valence-electron chi connectivity index (χ3n) is 3.73. The smallest absolute Gasteiger partial charge is 0.269 e. The first-order valence-electron chi connectivity index (χ1n) is 9.14. The molecule has 174 valence electrons. The third kappa shape index (κ3) is 9.59. The van der Waals surface area contributed by atoms with Gasteiger partial charge in [-0.2, -0.15) is 0 Å². The van der Waals surface area contributed by atoms with E-state index in [4.69, 9.17) is 33.6 Å². The Balaban J connectivity index is 1.55. The number of nitrogens with zero attached hydrogens (tertiary/aromatic N) is 2. The van der Waals surface area contributed by atoms with E-state index in [0.717, 1.165) is 9.75 Å². The molecule has 2 amide bonds. The van der Waals surface area contributed by atoms with E-state index in [9.17, 15) is 9.59 Å². The molecule has 2 aromatic heterocycles. The molecule has 0 aliphatic heterocycles. The summed E-state index contributed by atoms with van der Waals surface area (Å²) in [7, 11) is 3.07. The van der Waals surface area contributed by atoms with Crippen molar-refractivity contribution in [3.05, 3.63) is 42.7 Å². The van der Waals surface area contributed by atoms with Crippen molar-refractivity contribution in [2.24, 2.45) is 10.3 Å². The first-order valence-corrected chi connectivity index (χ1v) is 14.0. The van der Waals surface area contributed by atoms with Gasteiger partial charge in [0, 0.05) is 47.2 Å². The maximum absolute atomic E-state index is 12.1. The molecule has 2 aromatic rings. The molecule has 0 aromatic carbocycles. The Morgan fingerprint density at radius 1 is 0.812 bits per heavy atom. The maximum Gasteiger partial charge on any atom is 0.269 e. The minimum Gasteiger partial charge on any atom is -0.410 e. The number of carbonyl (C=O) groups is 2. The minimum absolute atomic E-state index is 0.0232. The zero-order valence-corrected chi connectivity index (χ0v) is 21.3. The molecule has 0 saturated heterocycles. The molecule has 0 bridgehead atoms. The van der Waals surface area contributed by atoms with Crippen LogP contribution in [0, 0.1) is 0 Å². The van der Waals surface area contributed by atoms with Gasteiger partial charge in [0.25, 0.3) is 11.8 Å². The zero-order valence-electron chi connectivity index (χ0n) is 16.5. The Kier molecular flexibility index (Phi) is 12.3. The average Bonchev–Trinajstić information content (AvgIpc) is 3.38. The van der Waals surface area contributed by atoms with Gasteiger partial charge in [-0.1, -0.05) is 55.1 Å². The highest BCUT2D eigenvalue weighted by atomic mass is 35.5. The number of thiophene rings is 2. The number of halogens is 2. The topological polar surface area (TPSA) is 123 Å². The fraction of sp³-hybridized carbons (Fsp3) is 0.333. The summed E-state index contributed by atoms with van der Waals surface area (Å²) in [6, 6.07) is 7.01. The van der Waals surface area contributed by atoms with Gasteiger partial charge in [-0.05, 0) is 24.3 Å². The van der Waals surface area contributed by atoms with E-state index in [-0.39, 0.29) is 24.3 Å². The third-order valence-corrected chi connectivity index (χ3v) is 8.60. The molecule has 0 aliphatic rings. The lowest BCUT2D eigenvalue weighted by Gasteiger charge is -2.07. The van der Waals surface area contributed by atoms with Crippen molar-refractivity contribution in [1.29, 1.82) is 0 Å². The number of rotatable bonds is 13. The summed E-state index contributed by atoms with van der Waals surface area (Å²) in [5.41, 5.74) is 0.0464. The number of nitrogens with one attached hydrogen (secondary N) is 2. The van der Waals surface area contributed by atoms with Crippen LogP contribution >= 0.6 is 67.5 Å². The minimum atomic E-state index is -0.433. The number of amides is 2. The van der Waals surface area contributed by atoms with E-state index in [2.05, 4.69) is 20.9 Å². The van der Waals surface area contributed by atoms with Crippen LogP contribution in [0.5, 0.6) is 0 Å². The highest BCUT2D eigenvalue weighted by Gasteiger charge is 2.15. The SMILES string of the molecule is O=C(NCCSSCCNC(=O)/C(Cc1ccc(Cl)s1)=N/O)/C(Cc1ccc(Cl)s1)=N/O. The number of hydrogen-bond acceptors (Lipinski definition) is 10. The monoisotopic (exact) mass is 554 g/mol. The van der Waals surface area contributed by atoms with Gasteiger partial charge >= 0.3 is 0 Å². The van der Waals surface area contributed by atoms with E-state index < -0.39 is 11.8 Å². The average molecular weight is 556 g/mol. The van der Waals surface area contributed by atoms with Crippen molar-refractivity contribution >= 4 is 90.7 Å². The van der Waals surface area contributed by atoms with Crippen LogP contribution in [-0.2, 0) is 22.4 Å². The Bertz CT molecular complexity index is 888. The van der Waals surface area contributed by atoms with Crippen LogP contribution in [-0.4, -0.2) is 58.2 Å². The summed E-state index contributed by atoms with van der Waals surface area (Å²) < 4.78 is 1.21. The lowest BCUT2D eigenvalue weighted by atomic mass is 10.2. The van der Waals surface area contributed by atoms with E-state index in [1.165, 1.54) is 44.3 Å². The molecule has 0 radical (unpaired) electrons. The number of carbonyl (C=O) groups excluding carboxylic acids is 2. The van der Waals surface area contributed by atoms with E-state index >= 15 is 0 Å². The molecule has 2 heterocycles. The quantitative estimate of drug-likeness (QED) is 0.0967. The van der Waals surface area contributed by atoms with Gasteiger partial charge in [0.2, 0.25) is 0 Å². The Labute approximate surface area is 210 Å². The second kappa shape index (κ2) is 14.7. The van der Waals surface area contributed by atoms with Crippen LogP contribution in [0.3, 0.4) is 0 Å². The zero-order chi connectivity index (χ0) is 23.3. The van der Waals surface area contributed by atoms with Crippen molar-refractivity contribution in [2.45, 2.75) is 12.8 Å².